The highest BCUT2D eigenvalue weighted by Crippen LogP contribution is 2.31. The molecule has 1 aromatic carbocycles. The van der Waals surface area contributed by atoms with Gasteiger partial charge in [0.25, 0.3) is 0 Å². The third-order valence-corrected chi connectivity index (χ3v) is 4.47. The van der Waals surface area contributed by atoms with Crippen LogP contribution in [0.2, 0.25) is 0 Å². The van der Waals surface area contributed by atoms with Crippen LogP contribution in [0, 0.1) is 10.5 Å². The number of aryl methyl sites for hydroxylation is 1. The summed E-state index contributed by atoms with van der Waals surface area (Å²) >= 11 is 2.33. The van der Waals surface area contributed by atoms with Gasteiger partial charge in [0.15, 0.2) is 0 Å². The lowest BCUT2D eigenvalue weighted by Gasteiger charge is -2.20. The normalized spacial score (nSPS) is 12.2. The second-order valence-corrected chi connectivity index (χ2v) is 5.25. The number of hydrogen-bond acceptors (Lipinski definition) is 4. The minimum Gasteiger partial charge on any atom is -0.495 e. The molecular weight excluding hydrogens is 353 g/mol. The Morgan fingerprint density at radius 3 is 2.79 bits per heavy atom. The number of benzene rings is 1. The van der Waals surface area contributed by atoms with Crippen molar-refractivity contribution >= 4 is 22.6 Å². The lowest BCUT2D eigenvalue weighted by Crippen LogP contribution is -2.30. The summed E-state index contributed by atoms with van der Waals surface area (Å²) in [5, 5.41) is 0. The fraction of sp³-hybridized carbons (Fsp3) is 0.214. The second kappa shape index (κ2) is 6.31. The van der Waals surface area contributed by atoms with Crippen molar-refractivity contribution in [2.24, 2.45) is 5.84 Å². The van der Waals surface area contributed by atoms with E-state index in [-0.39, 0.29) is 6.04 Å². The van der Waals surface area contributed by atoms with Gasteiger partial charge in [0.05, 0.1) is 13.2 Å². The molecule has 4 nitrogen and oxygen atoms in total. The largest absolute Gasteiger partial charge is 0.495 e. The van der Waals surface area contributed by atoms with Gasteiger partial charge >= 0.3 is 0 Å². The first kappa shape index (κ1) is 14.2. The van der Waals surface area contributed by atoms with Crippen molar-refractivity contribution in [1.82, 2.24) is 10.4 Å². The third kappa shape index (κ3) is 2.88. The standard InChI is InChI=1S/C14H16IN3O/c1-9-5-3-6-10(12(9)15)13(18-16)14-11(19-2)7-4-8-17-14/h3-8,13,18H,16H2,1-2H3. The Labute approximate surface area is 126 Å². The smallest absolute Gasteiger partial charge is 0.142 e. The average Bonchev–Trinajstić information content (AvgIpc) is 2.45. The van der Waals surface area contributed by atoms with Crippen LogP contribution in [0.4, 0.5) is 0 Å². The number of ether oxygens (including phenoxy) is 1. The van der Waals surface area contributed by atoms with Crippen LogP contribution in [0.5, 0.6) is 5.75 Å². The summed E-state index contributed by atoms with van der Waals surface area (Å²) in [5.41, 5.74) is 5.93. The average molecular weight is 369 g/mol. The van der Waals surface area contributed by atoms with E-state index in [2.05, 4.69) is 46.0 Å². The maximum absolute atomic E-state index is 5.73. The summed E-state index contributed by atoms with van der Waals surface area (Å²) in [6, 6.07) is 9.68. The number of hydrogen-bond donors (Lipinski definition) is 2. The van der Waals surface area contributed by atoms with Gasteiger partial charge in [0.1, 0.15) is 11.4 Å². The molecule has 0 fully saturated rings. The van der Waals surface area contributed by atoms with E-state index < -0.39 is 0 Å². The van der Waals surface area contributed by atoms with Crippen LogP contribution < -0.4 is 16.0 Å². The maximum Gasteiger partial charge on any atom is 0.142 e. The molecule has 0 aliphatic carbocycles. The highest BCUT2D eigenvalue weighted by molar-refractivity contribution is 14.1. The monoisotopic (exact) mass is 369 g/mol. The number of nitrogens with one attached hydrogen (secondary N) is 1. The number of nitrogens with zero attached hydrogens (tertiary/aromatic N) is 1. The van der Waals surface area contributed by atoms with Crippen LogP contribution in [0.3, 0.4) is 0 Å². The molecule has 0 spiro atoms. The quantitative estimate of drug-likeness (QED) is 0.494. The van der Waals surface area contributed by atoms with Crippen LogP contribution >= 0.6 is 22.6 Å². The van der Waals surface area contributed by atoms with Gasteiger partial charge in [-0.3, -0.25) is 10.8 Å². The predicted octanol–water partition coefficient (Wildman–Crippen LogP) is 2.56. The zero-order valence-electron chi connectivity index (χ0n) is 10.9. The summed E-state index contributed by atoms with van der Waals surface area (Å²) in [6.07, 6.45) is 1.74. The fourth-order valence-corrected chi connectivity index (χ4v) is 2.67. The summed E-state index contributed by atoms with van der Waals surface area (Å²) < 4.78 is 6.54. The molecule has 0 amide bonds. The molecule has 0 bridgehead atoms. The van der Waals surface area contributed by atoms with E-state index in [1.807, 2.05) is 24.3 Å². The van der Waals surface area contributed by atoms with Crippen molar-refractivity contribution in [3.8, 4) is 5.75 Å². The molecule has 2 rings (SSSR count). The summed E-state index contributed by atoms with van der Waals surface area (Å²) in [7, 11) is 1.63. The Balaban J connectivity index is 2.53. The van der Waals surface area contributed by atoms with Crippen molar-refractivity contribution in [3.63, 3.8) is 0 Å². The molecule has 1 unspecified atom stereocenters. The van der Waals surface area contributed by atoms with Gasteiger partial charge in [0, 0.05) is 9.77 Å². The number of rotatable bonds is 4. The highest BCUT2D eigenvalue weighted by Gasteiger charge is 2.20. The molecular formula is C14H16IN3O. The summed E-state index contributed by atoms with van der Waals surface area (Å²) in [4.78, 5) is 4.40. The molecule has 3 N–H and O–H groups in total. The zero-order chi connectivity index (χ0) is 13.8. The maximum atomic E-state index is 5.73. The predicted molar refractivity (Wildman–Crippen MR) is 83.9 cm³/mol. The van der Waals surface area contributed by atoms with Crippen molar-refractivity contribution in [2.45, 2.75) is 13.0 Å². The van der Waals surface area contributed by atoms with Gasteiger partial charge in [-0.15, -0.1) is 0 Å². The van der Waals surface area contributed by atoms with Gasteiger partial charge in [-0.2, -0.15) is 0 Å². The van der Waals surface area contributed by atoms with Gasteiger partial charge in [-0.25, -0.2) is 5.43 Å². The number of methoxy groups -OCH3 is 1. The van der Waals surface area contributed by atoms with E-state index in [4.69, 9.17) is 10.6 Å². The molecule has 19 heavy (non-hydrogen) atoms. The number of pyridine rings is 1. The molecule has 0 aliphatic rings. The van der Waals surface area contributed by atoms with Gasteiger partial charge in [0.2, 0.25) is 0 Å². The Morgan fingerprint density at radius 1 is 1.32 bits per heavy atom. The first-order valence-corrected chi connectivity index (χ1v) is 6.97. The molecule has 1 aromatic heterocycles. The molecule has 0 saturated heterocycles. The molecule has 5 heteroatoms. The van der Waals surface area contributed by atoms with E-state index in [0.29, 0.717) is 0 Å². The van der Waals surface area contributed by atoms with Crippen molar-refractivity contribution in [2.75, 3.05) is 7.11 Å². The van der Waals surface area contributed by atoms with Crippen molar-refractivity contribution < 1.29 is 4.74 Å². The second-order valence-electron chi connectivity index (χ2n) is 4.17. The lowest BCUT2D eigenvalue weighted by atomic mass is 10.0. The Bertz CT molecular complexity index is 574. The fourth-order valence-electron chi connectivity index (χ4n) is 2.00. The Morgan fingerprint density at radius 2 is 2.11 bits per heavy atom. The van der Waals surface area contributed by atoms with Crippen LogP contribution in [0.25, 0.3) is 0 Å². The number of hydrazine groups is 1. The van der Waals surface area contributed by atoms with Gasteiger partial charge < -0.3 is 4.74 Å². The third-order valence-electron chi connectivity index (χ3n) is 2.99. The number of halogens is 1. The van der Waals surface area contributed by atoms with Crippen LogP contribution in [-0.2, 0) is 0 Å². The molecule has 0 aliphatic heterocycles. The van der Waals surface area contributed by atoms with E-state index in [1.165, 1.54) is 9.13 Å². The molecule has 0 saturated carbocycles. The Hall–Kier alpha value is -1.18. The number of nitrogens with two attached hydrogens (primary N) is 1. The van der Waals surface area contributed by atoms with E-state index in [9.17, 15) is 0 Å². The van der Waals surface area contributed by atoms with Crippen LogP contribution in [-0.4, -0.2) is 12.1 Å². The SMILES string of the molecule is COc1cccnc1C(NN)c1cccc(C)c1I. The molecule has 2 aromatic rings. The van der Waals surface area contributed by atoms with Crippen molar-refractivity contribution in [1.29, 1.82) is 0 Å². The van der Waals surface area contributed by atoms with Crippen LogP contribution in [0.1, 0.15) is 22.9 Å². The molecule has 1 atom stereocenters. The zero-order valence-corrected chi connectivity index (χ0v) is 13.0. The van der Waals surface area contributed by atoms with Gasteiger partial charge in [-0.05, 0) is 52.8 Å². The topological polar surface area (TPSA) is 60.2 Å². The molecule has 1 heterocycles. The van der Waals surface area contributed by atoms with Crippen molar-refractivity contribution in [3.05, 3.63) is 56.9 Å². The first-order valence-electron chi connectivity index (χ1n) is 5.89. The minimum absolute atomic E-state index is 0.192. The summed E-state index contributed by atoms with van der Waals surface area (Å²) in [6.45, 7) is 2.08. The Kier molecular flexibility index (Phi) is 4.73. The first-order chi connectivity index (χ1) is 9.19. The highest BCUT2D eigenvalue weighted by atomic mass is 127. The van der Waals surface area contributed by atoms with E-state index in [0.717, 1.165) is 17.0 Å². The molecule has 100 valence electrons. The minimum atomic E-state index is -0.192. The van der Waals surface area contributed by atoms with E-state index >= 15 is 0 Å². The van der Waals surface area contributed by atoms with E-state index in [1.54, 1.807) is 13.3 Å². The lowest BCUT2D eigenvalue weighted by molar-refractivity contribution is 0.400. The van der Waals surface area contributed by atoms with Gasteiger partial charge in [-0.1, -0.05) is 18.2 Å². The van der Waals surface area contributed by atoms with Crippen LogP contribution in [0.15, 0.2) is 36.5 Å². The summed E-state index contributed by atoms with van der Waals surface area (Å²) in [5.74, 6) is 6.46. The number of aromatic nitrogens is 1. The molecule has 0 radical (unpaired) electrons.